The van der Waals surface area contributed by atoms with Gasteiger partial charge in [0, 0.05) is 32.1 Å². The van der Waals surface area contributed by atoms with Crippen LogP contribution in [0.5, 0.6) is 11.5 Å². The van der Waals surface area contributed by atoms with E-state index in [9.17, 15) is 9.59 Å². The summed E-state index contributed by atoms with van der Waals surface area (Å²) in [5, 5.41) is 0.454. The number of ether oxygens (including phenoxy) is 2. The number of carbonyl (C=O) groups is 1. The Labute approximate surface area is 210 Å². The van der Waals surface area contributed by atoms with Gasteiger partial charge >= 0.3 is 0 Å². The van der Waals surface area contributed by atoms with Crippen molar-refractivity contribution in [2.75, 3.05) is 20.8 Å². The van der Waals surface area contributed by atoms with Crippen LogP contribution < -0.4 is 15.0 Å². The number of benzene rings is 3. The number of rotatable bonds is 11. The van der Waals surface area contributed by atoms with Crippen molar-refractivity contribution in [1.82, 2.24) is 14.5 Å². The van der Waals surface area contributed by atoms with Crippen molar-refractivity contribution >= 4 is 16.8 Å². The van der Waals surface area contributed by atoms with Crippen LogP contribution in [-0.4, -0.2) is 41.1 Å². The van der Waals surface area contributed by atoms with E-state index in [0.29, 0.717) is 54.9 Å². The number of aromatic nitrogens is 2. The van der Waals surface area contributed by atoms with Gasteiger partial charge in [-0.2, -0.15) is 0 Å². The van der Waals surface area contributed by atoms with Crippen LogP contribution in [0.15, 0.2) is 83.9 Å². The summed E-state index contributed by atoms with van der Waals surface area (Å²) in [4.78, 5) is 32.6. The van der Waals surface area contributed by atoms with Gasteiger partial charge in [0.15, 0.2) is 11.5 Å². The van der Waals surface area contributed by atoms with E-state index < -0.39 is 0 Å². The molecule has 0 fully saturated rings. The third-order valence-corrected chi connectivity index (χ3v) is 6.20. The zero-order valence-corrected chi connectivity index (χ0v) is 20.7. The Hall–Kier alpha value is -4.13. The van der Waals surface area contributed by atoms with Gasteiger partial charge in [-0.3, -0.25) is 14.2 Å². The Balaban J connectivity index is 1.43. The molecule has 36 heavy (non-hydrogen) atoms. The Morgan fingerprint density at radius 3 is 2.22 bits per heavy atom. The summed E-state index contributed by atoms with van der Waals surface area (Å²) < 4.78 is 12.2. The molecule has 0 saturated carbocycles. The minimum Gasteiger partial charge on any atom is -0.493 e. The van der Waals surface area contributed by atoms with Gasteiger partial charge in [-0.05, 0) is 30.0 Å². The molecular formula is C29H31N3O4. The van der Waals surface area contributed by atoms with Crippen molar-refractivity contribution in [2.45, 2.75) is 32.4 Å². The molecule has 0 aliphatic carbocycles. The fourth-order valence-corrected chi connectivity index (χ4v) is 4.21. The van der Waals surface area contributed by atoms with Crippen LogP contribution in [0.25, 0.3) is 10.9 Å². The van der Waals surface area contributed by atoms with E-state index >= 15 is 0 Å². The molecule has 0 bridgehead atoms. The first-order valence-corrected chi connectivity index (χ1v) is 12.1. The predicted octanol–water partition coefficient (Wildman–Crippen LogP) is 4.47. The second kappa shape index (κ2) is 12.0. The number of amides is 1. The van der Waals surface area contributed by atoms with E-state index in [0.717, 1.165) is 12.0 Å². The first kappa shape index (κ1) is 25.0. The minimum absolute atomic E-state index is 0.0722. The standard InChI is InChI=1S/C29H31N3O4/c1-35-26-18-24-25(19-27(26)36-2)30-21-32(29(24)34)16-9-14-28(33)31(20-23-12-7-4-8-13-23)17-15-22-10-5-3-6-11-22/h3-8,10-13,18-19,21H,9,14-17,20H2,1-2H3. The highest BCUT2D eigenvalue weighted by Crippen LogP contribution is 2.29. The average Bonchev–Trinajstić information content (AvgIpc) is 2.92. The van der Waals surface area contributed by atoms with Crippen LogP contribution in [0.2, 0.25) is 0 Å². The van der Waals surface area contributed by atoms with E-state index in [-0.39, 0.29) is 11.5 Å². The van der Waals surface area contributed by atoms with E-state index in [1.54, 1.807) is 23.8 Å². The number of nitrogens with zero attached hydrogens (tertiary/aromatic N) is 3. The van der Waals surface area contributed by atoms with Gasteiger partial charge in [0.1, 0.15) is 0 Å². The molecule has 0 aliphatic rings. The molecule has 7 nitrogen and oxygen atoms in total. The lowest BCUT2D eigenvalue weighted by Gasteiger charge is -2.23. The molecule has 0 aliphatic heterocycles. The summed E-state index contributed by atoms with van der Waals surface area (Å²) in [6, 6.07) is 23.5. The van der Waals surface area contributed by atoms with Crippen molar-refractivity contribution in [3.05, 3.63) is 101 Å². The van der Waals surface area contributed by atoms with Gasteiger partial charge in [0.25, 0.3) is 5.56 Å². The summed E-state index contributed by atoms with van der Waals surface area (Å²) in [5.41, 5.74) is 2.67. The van der Waals surface area contributed by atoms with Crippen LogP contribution in [0.3, 0.4) is 0 Å². The Bertz CT molecular complexity index is 1350. The van der Waals surface area contributed by atoms with Gasteiger partial charge < -0.3 is 14.4 Å². The van der Waals surface area contributed by atoms with Crippen molar-refractivity contribution in [1.29, 1.82) is 0 Å². The molecule has 3 aromatic carbocycles. The molecule has 0 unspecified atom stereocenters. The first-order valence-electron chi connectivity index (χ1n) is 12.1. The molecule has 0 radical (unpaired) electrons. The molecule has 0 N–H and O–H groups in total. The van der Waals surface area contributed by atoms with Crippen LogP contribution in [-0.2, 0) is 24.3 Å². The van der Waals surface area contributed by atoms with Crippen LogP contribution in [0.1, 0.15) is 24.0 Å². The Kier molecular flexibility index (Phi) is 8.34. The normalized spacial score (nSPS) is 10.8. The van der Waals surface area contributed by atoms with Crippen molar-refractivity contribution < 1.29 is 14.3 Å². The van der Waals surface area contributed by atoms with Crippen molar-refractivity contribution in [2.24, 2.45) is 0 Å². The first-order chi connectivity index (χ1) is 17.6. The lowest BCUT2D eigenvalue weighted by Crippen LogP contribution is -2.32. The molecule has 4 aromatic rings. The number of hydrogen-bond donors (Lipinski definition) is 0. The predicted molar refractivity (Wildman–Crippen MR) is 140 cm³/mol. The average molecular weight is 486 g/mol. The molecule has 1 amide bonds. The van der Waals surface area contributed by atoms with Crippen LogP contribution in [0, 0.1) is 0 Å². The van der Waals surface area contributed by atoms with Gasteiger partial charge in [-0.15, -0.1) is 0 Å². The fraction of sp³-hybridized carbons (Fsp3) is 0.276. The highest BCUT2D eigenvalue weighted by atomic mass is 16.5. The van der Waals surface area contributed by atoms with Gasteiger partial charge in [0.2, 0.25) is 5.91 Å². The lowest BCUT2D eigenvalue weighted by molar-refractivity contribution is -0.132. The lowest BCUT2D eigenvalue weighted by atomic mass is 10.1. The topological polar surface area (TPSA) is 73.7 Å². The number of methoxy groups -OCH3 is 2. The number of hydrogen-bond acceptors (Lipinski definition) is 5. The van der Waals surface area contributed by atoms with Crippen molar-refractivity contribution in [3.8, 4) is 11.5 Å². The SMILES string of the molecule is COc1cc2ncn(CCCC(=O)N(CCc3ccccc3)Cc3ccccc3)c(=O)c2cc1OC. The second-order valence-corrected chi connectivity index (χ2v) is 8.61. The van der Waals surface area contributed by atoms with Gasteiger partial charge in [0.05, 0.1) is 31.4 Å². The molecule has 7 heteroatoms. The molecule has 0 spiro atoms. The maximum absolute atomic E-state index is 13.2. The zero-order valence-electron chi connectivity index (χ0n) is 20.7. The summed E-state index contributed by atoms with van der Waals surface area (Å²) in [7, 11) is 3.08. The highest BCUT2D eigenvalue weighted by Gasteiger charge is 2.15. The van der Waals surface area contributed by atoms with Crippen molar-refractivity contribution in [3.63, 3.8) is 0 Å². The van der Waals surface area contributed by atoms with Crippen LogP contribution in [0.4, 0.5) is 0 Å². The Morgan fingerprint density at radius 1 is 0.917 bits per heavy atom. The monoisotopic (exact) mass is 485 g/mol. The Morgan fingerprint density at radius 2 is 1.56 bits per heavy atom. The second-order valence-electron chi connectivity index (χ2n) is 8.61. The summed E-state index contributed by atoms with van der Waals surface area (Å²) in [6.07, 6.45) is 3.20. The van der Waals surface area contributed by atoms with E-state index in [2.05, 4.69) is 17.1 Å². The number of carbonyl (C=O) groups excluding carboxylic acids is 1. The third kappa shape index (κ3) is 6.10. The third-order valence-electron chi connectivity index (χ3n) is 6.20. The number of fused-ring (bicyclic) bond motifs is 1. The van der Waals surface area contributed by atoms with E-state index in [1.165, 1.54) is 19.0 Å². The van der Waals surface area contributed by atoms with E-state index in [4.69, 9.17) is 9.47 Å². The maximum atomic E-state index is 13.2. The molecule has 0 saturated heterocycles. The summed E-state index contributed by atoms with van der Waals surface area (Å²) in [6.45, 7) is 1.60. The van der Waals surface area contributed by atoms with Gasteiger partial charge in [-0.1, -0.05) is 60.7 Å². The molecule has 186 valence electrons. The largest absolute Gasteiger partial charge is 0.493 e. The molecule has 4 rings (SSSR count). The zero-order chi connectivity index (χ0) is 25.3. The maximum Gasteiger partial charge on any atom is 0.261 e. The summed E-state index contributed by atoms with van der Waals surface area (Å²) >= 11 is 0. The van der Waals surface area contributed by atoms with Crippen LogP contribution >= 0.6 is 0 Å². The quantitative estimate of drug-likeness (QED) is 0.314. The molecule has 0 atom stereocenters. The highest BCUT2D eigenvalue weighted by molar-refractivity contribution is 5.81. The van der Waals surface area contributed by atoms with E-state index in [1.807, 2.05) is 53.4 Å². The molecule has 1 heterocycles. The summed E-state index contributed by atoms with van der Waals surface area (Å²) in [5.74, 6) is 1.07. The fourth-order valence-electron chi connectivity index (χ4n) is 4.21. The number of aryl methyl sites for hydroxylation is 1. The molecular weight excluding hydrogens is 454 g/mol. The molecule has 1 aromatic heterocycles. The van der Waals surface area contributed by atoms with Gasteiger partial charge in [-0.25, -0.2) is 4.98 Å². The minimum atomic E-state index is -0.168. The smallest absolute Gasteiger partial charge is 0.261 e.